The zero-order chi connectivity index (χ0) is 20.6. The largest absolute Gasteiger partial charge is 0.481 e. The third-order valence-electron chi connectivity index (χ3n) is 3.34. The highest BCUT2D eigenvalue weighted by atomic mass is 19.4. The molecule has 1 rings (SSSR count). The maximum atomic E-state index is 12.4. The Labute approximate surface area is 151 Å². The van der Waals surface area contributed by atoms with E-state index in [9.17, 15) is 32.3 Å². The van der Waals surface area contributed by atoms with Gasteiger partial charge in [0, 0.05) is 6.42 Å². The minimum Gasteiger partial charge on any atom is -0.481 e. The average molecular weight is 390 g/mol. The van der Waals surface area contributed by atoms with Crippen LogP contribution < -0.4 is 10.6 Å². The lowest BCUT2D eigenvalue weighted by molar-refractivity contribution is -0.175. The van der Waals surface area contributed by atoms with Gasteiger partial charge in [-0.15, -0.1) is 0 Å². The van der Waals surface area contributed by atoms with Crippen molar-refractivity contribution in [1.29, 1.82) is 0 Å². The number of nitrogens with one attached hydrogen (secondary N) is 2. The topological polar surface area (TPSA) is 122 Å². The van der Waals surface area contributed by atoms with Crippen LogP contribution in [0.4, 0.5) is 13.2 Å². The van der Waals surface area contributed by atoms with Gasteiger partial charge in [0.15, 0.2) is 0 Å². The van der Waals surface area contributed by atoms with E-state index in [-0.39, 0.29) is 6.42 Å². The number of benzene rings is 1. The average Bonchev–Trinajstić information content (AvgIpc) is 2.59. The van der Waals surface area contributed by atoms with Gasteiger partial charge in [0.05, 0.1) is 13.5 Å². The molecule has 2 atom stereocenters. The summed E-state index contributed by atoms with van der Waals surface area (Å²) in [6, 6.07) is 5.02. The molecule has 2 amide bonds. The number of hydrogen-bond acceptors (Lipinski definition) is 5. The Balaban J connectivity index is 2.94. The molecule has 0 aliphatic carbocycles. The quantitative estimate of drug-likeness (QED) is 0.553. The normalized spacial score (nSPS) is 13.2. The predicted octanol–water partition coefficient (Wildman–Crippen LogP) is 0.409. The van der Waals surface area contributed by atoms with Gasteiger partial charge in [-0.05, 0) is 5.56 Å². The van der Waals surface area contributed by atoms with Gasteiger partial charge in [-0.1, -0.05) is 30.3 Å². The van der Waals surface area contributed by atoms with E-state index < -0.39 is 48.4 Å². The van der Waals surface area contributed by atoms with Crippen molar-refractivity contribution in [3.63, 3.8) is 0 Å². The maximum absolute atomic E-state index is 12.4. The first-order valence-electron chi connectivity index (χ1n) is 7.56. The number of amides is 2. The van der Waals surface area contributed by atoms with Crippen molar-refractivity contribution in [2.75, 3.05) is 7.11 Å². The summed E-state index contributed by atoms with van der Waals surface area (Å²) in [4.78, 5) is 45.9. The summed E-state index contributed by atoms with van der Waals surface area (Å²) in [5, 5.41) is 12.2. The van der Waals surface area contributed by atoms with Gasteiger partial charge in [-0.25, -0.2) is 4.79 Å². The van der Waals surface area contributed by atoms with E-state index in [1.54, 1.807) is 30.3 Å². The van der Waals surface area contributed by atoms with Crippen molar-refractivity contribution in [1.82, 2.24) is 10.6 Å². The number of rotatable bonds is 8. The fraction of sp³-hybridized carbons (Fsp3) is 0.375. The van der Waals surface area contributed by atoms with E-state index in [0.29, 0.717) is 5.56 Å². The highest BCUT2D eigenvalue weighted by Crippen LogP contribution is 2.15. The van der Waals surface area contributed by atoms with E-state index in [1.807, 2.05) is 0 Å². The summed E-state index contributed by atoms with van der Waals surface area (Å²) in [5.41, 5.74) is 0.613. The van der Waals surface area contributed by atoms with Crippen molar-refractivity contribution < 1.29 is 42.2 Å². The van der Waals surface area contributed by atoms with Crippen molar-refractivity contribution in [3.05, 3.63) is 35.9 Å². The molecule has 27 heavy (non-hydrogen) atoms. The standard InChI is InChI=1S/C16H17F3N2O6/c1-27-14(25)11(7-9-5-3-2-4-6-9)20-13(24)10(8-12(22)23)21-15(26)16(17,18)19/h2-6,10-11H,7-8H2,1H3,(H,20,24)(H,21,26)(H,22,23)/t10-,11-/m0/s1. The lowest BCUT2D eigenvalue weighted by Crippen LogP contribution is -2.55. The van der Waals surface area contributed by atoms with Gasteiger partial charge in [-0.3, -0.25) is 14.4 Å². The summed E-state index contributed by atoms with van der Waals surface area (Å²) in [5.74, 6) is -6.23. The molecule has 0 saturated carbocycles. The van der Waals surface area contributed by atoms with Crippen LogP contribution in [0.1, 0.15) is 12.0 Å². The molecule has 0 bridgehead atoms. The molecule has 0 aliphatic heterocycles. The van der Waals surface area contributed by atoms with Crippen molar-refractivity contribution in [2.45, 2.75) is 31.1 Å². The van der Waals surface area contributed by atoms with Crippen LogP contribution in [0.5, 0.6) is 0 Å². The number of carbonyl (C=O) groups is 4. The van der Waals surface area contributed by atoms with Crippen molar-refractivity contribution >= 4 is 23.8 Å². The van der Waals surface area contributed by atoms with Crippen LogP contribution in [0.25, 0.3) is 0 Å². The van der Waals surface area contributed by atoms with Crippen LogP contribution in [-0.2, 0) is 30.3 Å². The number of methoxy groups -OCH3 is 1. The second kappa shape index (κ2) is 9.55. The minimum absolute atomic E-state index is 0.0493. The minimum atomic E-state index is -5.30. The van der Waals surface area contributed by atoms with Gasteiger partial charge in [-0.2, -0.15) is 13.2 Å². The number of hydrogen-bond donors (Lipinski definition) is 3. The van der Waals surface area contributed by atoms with Crippen molar-refractivity contribution in [3.8, 4) is 0 Å². The molecule has 0 spiro atoms. The molecule has 1 aromatic rings. The smallest absolute Gasteiger partial charge is 0.471 e. The Morgan fingerprint density at radius 1 is 1.07 bits per heavy atom. The Kier molecular flexibility index (Phi) is 7.76. The third-order valence-corrected chi connectivity index (χ3v) is 3.34. The van der Waals surface area contributed by atoms with Crippen LogP contribution in [0.3, 0.4) is 0 Å². The molecule has 0 aliphatic rings. The summed E-state index contributed by atoms with van der Waals surface area (Å²) >= 11 is 0. The van der Waals surface area contributed by atoms with Crippen LogP contribution in [-0.4, -0.2) is 54.2 Å². The molecule has 0 radical (unpaired) electrons. The Hall–Kier alpha value is -3.11. The lowest BCUT2D eigenvalue weighted by Gasteiger charge is -2.21. The second-order valence-electron chi connectivity index (χ2n) is 5.40. The van der Waals surface area contributed by atoms with Crippen LogP contribution >= 0.6 is 0 Å². The van der Waals surface area contributed by atoms with E-state index >= 15 is 0 Å². The zero-order valence-electron chi connectivity index (χ0n) is 14.1. The molecular formula is C16H17F3N2O6. The fourth-order valence-corrected chi connectivity index (χ4v) is 2.08. The molecule has 148 valence electrons. The Morgan fingerprint density at radius 3 is 2.15 bits per heavy atom. The summed E-state index contributed by atoms with van der Waals surface area (Å²) in [7, 11) is 1.05. The SMILES string of the molecule is COC(=O)[C@H](Cc1ccccc1)NC(=O)[C@H](CC(=O)O)NC(=O)C(F)(F)F. The van der Waals surface area contributed by atoms with E-state index in [2.05, 4.69) is 10.1 Å². The van der Waals surface area contributed by atoms with E-state index in [1.165, 1.54) is 5.32 Å². The molecule has 0 fully saturated rings. The van der Waals surface area contributed by atoms with E-state index in [4.69, 9.17) is 5.11 Å². The summed E-state index contributed by atoms with van der Waals surface area (Å²) in [6.07, 6.45) is -6.46. The highest BCUT2D eigenvalue weighted by Gasteiger charge is 2.41. The molecule has 0 heterocycles. The number of carbonyl (C=O) groups excluding carboxylic acids is 3. The molecule has 11 heteroatoms. The second-order valence-corrected chi connectivity index (χ2v) is 5.40. The highest BCUT2D eigenvalue weighted by molar-refractivity contribution is 5.94. The first-order valence-corrected chi connectivity index (χ1v) is 7.56. The van der Waals surface area contributed by atoms with Crippen molar-refractivity contribution in [2.24, 2.45) is 0 Å². The monoisotopic (exact) mass is 390 g/mol. The maximum Gasteiger partial charge on any atom is 0.471 e. The third kappa shape index (κ3) is 7.34. The molecule has 0 saturated heterocycles. The number of carboxylic acid groups (broad SMARTS) is 1. The molecule has 3 N–H and O–H groups in total. The van der Waals surface area contributed by atoms with Crippen LogP contribution in [0.15, 0.2) is 30.3 Å². The number of esters is 1. The number of halogens is 3. The first kappa shape index (κ1) is 21.9. The van der Waals surface area contributed by atoms with E-state index in [0.717, 1.165) is 7.11 Å². The van der Waals surface area contributed by atoms with Gasteiger partial charge in [0.2, 0.25) is 5.91 Å². The van der Waals surface area contributed by atoms with Crippen LogP contribution in [0.2, 0.25) is 0 Å². The number of alkyl halides is 3. The zero-order valence-corrected chi connectivity index (χ0v) is 14.1. The summed E-state index contributed by atoms with van der Waals surface area (Å²) in [6.45, 7) is 0. The number of aliphatic carboxylic acids is 1. The molecule has 0 aromatic heterocycles. The van der Waals surface area contributed by atoms with Gasteiger partial charge in [0.25, 0.3) is 0 Å². The predicted molar refractivity (Wildman–Crippen MR) is 84.3 cm³/mol. The first-order chi connectivity index (χ1) is 12.5. The molecule has 8 nitrogen and oxygen atoms in total. The van der Waals surface area contributed by atoms with Crippen LogP contribution in [0, 0.1) is 0 Å². The fourth-order valence-electron chi connectivity index (χ4n) is 2.08. The van der Waals surface area contributed by atoms with Gasteiger partial charge >= 0.3 is 24.0 Å². The molecular weight excluding hydrogens is 373 g/mol. The molecule has 1 aromatic carbocycles. The molecule has 0 unspecified atom stereocenters. The summed E-state index contributed by atoms with van der Waals surface area (Å²) < 4.78 is 41.7. The number of ether oxygens (including phenoxy) is 1. The Bertz CT molecular complexity index is 693. The Morgan fingerprint density at radius 2 is 1.67 bits per heavy atom. The van der Waals surface area contributed by atoms with Gasteiger partial charge in [0.1, 0.15) is 12.1 Å². The van der Waals surface area contributed by atoms with Gasteiger partial charge < -0.3 is 20.5 Å². The number of carboxylic acids is 1. The lowest BCUT2D eigenvalue weighted by atomic mass is 10.0.